The number of alkyl halides is 1. The van der Waals surface area contributed by atoms with Crippen molar-refractivity contribution in [2.24, 2.45) is 0 Å². The van der Waals surface area contributed by atoms with E-state index in [2.05, 4.69) is 22.0 Å². The molecule has 0 heterocycles. The fourth-order valence-electron chi connectivity index (χ4n) is 1.35. The highest BCUT2D eigenvalue weighted by Gasteiger charge is 2.17. The minimum absolute atomic E-state index is 0.279. The van der Waals surface area contributed by atoms with Crippen LogP contribution >= 0.6 is 15.9 Å². The Morgan fingerprint density at radius 3 is 2.39 bits per heavy atom. The average molecular weight is 311 g/mol. The van der Waals surface area contributed by atoms with Gasteiger partial charge in [-0.1, -0.05) is 40.2 Å². The Hall–Kier alpha value is -1.09. The molecule has 0 aliphatic rings. The maximum atomic E-state index is 11.8. The van der Waals surface area contributed by atoms with Gasteiger partial charge in [-0.15, -0.1) is 0 Å². The molecule has 1 aromatic carbocycles. The van der Waals surface area contributed by atoms with Gasteiger partial charge in [0, 0.05) is 5.33 Å². The Kier molecular flexibility index (Phi) is 5.60. The van der Waals surface area contributed by atoms with E-state index in [9.17, 15) is 4.79 Å². The fourth-order valence-corrected chi connectivity index (χ4v) is 1.61. The van der Waals surface area contributed by atoms with E-state index in [1.807, 2.05) is 39.0 Å². The molecular formula is C15H19BrO2. The van der Waals surface area contributed by atoms with Crippen molar-refractivity contribution in [3.63, 3.8) is 0 Å². The third-order valence-electron chi connectivity index (χ3n) is 2.13. The molecule has 0 atom stereocenters. The molecule has 98 valence electrons. The molecule has 0 N–H and O–H groups in total. The summed E-state index contributed by atoms with van der Waals surface area (Å²) in [5, 5.41) is 0.958. The fraction of sp³-hybridized carbons (Fsp3) is 0.400. The van der Waals surface area contributed by atoms with Crippen LogP contribution in [0.1, 0.15) is 43.1 Å². The van der Waals surface area contributed by atoms with E-state index < -0.39 is 5.60 Å². The summed E-state index contributed by atoms with van der Waals surface area (Å²) in [6.07, 6.45) is 5.13. The maximum Gasteiger partial charge on any atom is 0.338 e. The van der Waals surface area contributed by atoms with E-state index in [0.29, 0.717) is 5.56 Å². The molecule has 0 spiro atoms. The summed E-state index contributed by atoms with van der Waals surface area (Å²) in [4.78, 5) is 11.8. The first-order valence-electron chi connectivity index (χ1n) is 5.98. The van der Waals surface area contributed by atoms with Gasteiger partial charge >= 0.3 is 5.97 Å². The van der Waals surface area contributed by atoms with Gasteiger partial charge in [-0.2, -0.15) is 0 Å². The SMILES string of the molecule is CC(C)(C)OC(=O)c1ccc(C=CCCBr)cc1. The summed E-state index contributed by atoms with van der Waals surface area (Å²) in [5.41, 5.74) is 1.22. The van der Waals surface area contributed by atoms with Crippen molar-refractivity contribution < 1.29 is 9.53 Å². The number of halogens is 1. The third kappa shape index (κ3) is 5.50. The number of allylic oxidation sites excluding steroid dienone is 1. The van der Waals surface area contributed by atoms with Crippen molar-refractivity contribution in [2.75, 3.05) is 5.33 Å². The molecule has 0 saturated heterocycles. The maximum absolute atomic E-state index is 11.8. The number of rotatable bonds is 4. The number of hydrogen-bond acceptors (Lipinski definition) is 2. The molecular weight excluding hydrogens is 292 g/mol. The van der Waals surface area contributed by atoms with Crippen molar-refractivity contribution >= 4 is 28.0 Å². The first-order chi connectivity index (χ1) is 8.42. The van der Waals surface area contributed by atoms with E-state index in [-0.39, 0.29) is 5.97 Å². The summed E-state index contributed by atoms with van der Waals surface area (Å²) in [7, 11) is 0. The molecule has 0 unspecified atom stereocenters. The largest absolute Gasteiger partial charge is 0.456 e. The van der Waals surface area contributed by atoms with Gasteiger partial charge in [0.05, 0.1) is 5.56 Å². The lowest BCUT2D eigenvalue weighted by molar-refractivity contribution is 0.00696. The lowest BCUT2D eigenvalue weighted by Crippen LogP contribution is -2.23. The van der Waals surface area contributed by atoms with Crippen LogP contribution < -0.4 is 0 Å². The first-order valence-corrected chi connectivity index (χ1v) is 7.10. The van der Waals surface area contributed by atoms with Crippen LogP contribution in [0.15, 0.2) is 30.3 Å². The Morgan fingerprint density at radius 1 is 1.28 bits per heavy atom. The Balaban J connectivity index is 2.68. The summed E-state index contributed by atoms with van der Waals surface area (Å²) in [6.45, 7) is 5.59. The monoisotopic (exact) mass is 310 g/mol. The molecule has 0 radical (unpaired) electrons. The predicted molar refractivity (Wildman–Crippen MR) is 79.1 cm³/mol. The smallest absolute Gasteiger partial charge is 0.338 e. The van der Waals surface area contributed by atoms with Crippen molar-refractivity contribution in [3.8, 4) is 0 Å². The van der Waals surface area contributed by atoms with Gasteiger partial charge in [-0.25, -0.2) is 4.79 Å². The van der Waals surface area contributed by atoms with Crippen molar-refractivity contribution in [3.05, 3.63) is 41.5 Å². The number of ether oxygens (including phenoxy) is 1. The summed E-state index contributed by atoms with van der Waals surface area (Å²) in [5.74, 6) is -0.279. The molecule has 0 fully saturated rings. The highest BCUT2D eigenvalue weighted by Crippen LogP contribution is 2.13. The molecule has 2 nitrogen and oxygen atoms in total. The predicted octanol–water partition coefficient (Wildman–Crippen LogP) is 4.44. The molecule has 3 heteroatoms. The second-order valence-corrected chi connectivity index (χ2v) is 5.80. The zero-order valence-corrected chi connectivity index (χ0v) is 12.7. The minimum atomic E-state index is -0.453. The molecule has 0 aliphatic heterocycles. The lowest BCUT2D eigenvalue weighted by Gasteiger charge is -2.19. The van der Waals surface area contributed by atoms with Crippen LogP contribution in [0.5, 0.6) is 0 Å². The first kappa shape index (κ1) is 15.0. The zero-order chi connectivity index (χ0) is 13.6. The van der Waals surface area contributed by atoms with Gasteiger partial charge in [0.15, 0.2) is 0 Å². The normalized spacial score (nSPS) is 11.8. The minimum Gasteiger partial charge on any atom is -0.456 e. The van der Waals surface area contributed by atoms with E-state index in [1.54, 1.807) is 12.1 Å². The van der Waals surface area contributed by atoms with Gasteiger partial charge in [0.25, 0.3) is 0 Å². The number of benzene rings is 1. The molecule has 0 saturated carbocycles. The van der Waals surface area contributed by atoms with Crippen molar-refractivity contribution in [1.29, 1.82) is 0 Å². The van der Waals surface area contributed by atoms with Crippen LogP contribution in [0, 0.1) is 0 Å². The summed E-state index contributed by atoms with van der Waals surface area (Å²) < 4.78 is 5.30. The van der Waals surface area contributed by atoms with Gasteiger partial charge in [0.2, 0.25) is 0 Å². The van der Waals surface area contributed by atoms with Crippen LogP contribution in [0.2, 0.25) is 0 Å². The second-order valence-electron chi connectivity index (χ2n) is 5.00. The van der Waals surface area contributed by atoms with Gasteiger partial charge in [-0.3, -0.25) is 0 Å². The Morgan fingerprint density at radius 2 is 1.89 bits per heavy atom. The number of carbonyl (C=O) groups excluding carboxylic acids is 1. The van der Waals surface area contributed by atoms with Gasteiger partial charge in [0.1, 0.15) is 5.60 Å². The van der Waals surface area contributed by atoms with E-state index in [0.717, 1.165) is 17.3 Å². The number of esters is 1. The Bertz CT molecular complexity index is 413. The topological polar surface area (TPSA) is 26.3 Å². The van der Waals surface area contributed by atoms with E-state index in [4.69, 9.17) is 4.74 Å². The van der Waals surface area contributed by atoms with Gasteiger partial charge < -0.3 is 4.74 Å². The molecule has 0 bridgehead atoms. The summed E-state index contributed by atoms with van der Waals surface area (Å²) in [6, 6.07) is 7.43. The quantitative estimate of drug-likeness (QED) is 0.607. The Labute approximate surface area is 117 Å². The van der Waals surface area contributed by atoms with Crippen LogP contribution in [0.3, 0.4) is 0 Å². The summed E-state index contributed by atoms with van der Waals surface area (Å²) >= 11 is 3.37. The van der Waals surface area contributed by atoms with Crippen LogP contribution in [0.25, 0.3) is 6.08 Å². The van der Waals surface area contributed by atoms with Crippen LogP contribution in [-0.2, 0) is 4.74 Å². The molecule has 0 aromatic heterocycles. The molecule has 1 aromatic rings. The molecule has 1 rings (SSSR count). The zero-order valence-electron chi connectivity index (χ0n) is 11.1. The molecule has 18 heavy (non-hydrogen) atoms. The number of hydrogen-bond donors (Lipinski definition) is 0. The van der Waals surface area contributed by atoms with E-state index >= 15 is 0 Å². The van der Waals surface area contributed by atoms with Crippen molar-refractivity contribution in [2.45, 2.75) is 32.8 Å². The second kappa shape index (κ2) is 6.74. The highest BCUT2D eigenvalue weighted by molar-refractivity contribution is 9.09. The highest BCUT2D eigenvalue weighted by atomic mass is 79.9. The van der Waals surface area contributed by atoms with Crippen LogP contribution in [-0.4, -0.2) is 16.9 Å². The van der Waals surface area contributed by atoms with Crippen molar-refractivity contribution in [1.82, 2.24) is 0 Å². The van der Waals surface area contributed by atoms with Crippen LogP contribution in [0.4, 0.5) is 0 Å². The lowest BCUT2D eigenvalue weighted by atomic mass is 10.1. The molecule has 0 amide bonds. The van der Waals surface area contributed by atoms with Gasteiger partial charge in [-0.05, 0) is 44.9 Å². The third-order valence-corrected chi connectivity index (χ3v) is 2.59. The number of carbonyl (C=O) groups is 1. The molecule has 0 aliphatic carbocycles. The standard InChI is InChI=1S/C15H19BrO2/c1-15(2,3)18-14(17)13-9-7-12(8-10-13)6-4-5-11-16/h4,6-10H,5,11H2,1-3H3. The van der Waals surface area contributed by atoms with E-state index in [1.165, 1.54) is 0 Å². The average Bonchev–Trinajstić information content (AvgIpc) is 2.28.